The standard InChI is InChI=1S/C26H25FO5S2/c1-2-3-15-22(20-25(28)21-13-7-4-8-14-21)26(27,33(29,30)23-16-9-5-10-17-23)34(31,32)24-18-11-6-12-19-24/h4-14,16-20H,2-3,15H2,1H3/b22-20+. The Morgan fingerprint density at radius 2 is 1.18 bits per heavy atom. The fourth-order valence-electron chi connectivity index (χ4n) is 3.51. The molecule has 0 aliphatic rings. The SMILES string of the molecule is CCCC/C(=C\C(=O)c1ccccc1)C(F)(S(=O)(=O)c1ccccc1)S(=O)(=O)c1ccccc1. The zero-order valence-corrected chi connectivity index (χ0v) is 20.2. The lowest BCUT2D eigenvalue weighted by molar-refractivity contribution is 0.104. The maximum Gasteiger partial charge on any atom is 0.339 e. The molecular formula is C26H25FO5S2. The summed E-state index contributed by atoms with van der Waals surface area (Å²) in [5.41, 5.74) is -0.427. The summed E-state index contributed by atoms with van der Waals surface area (Å²) in [6, 6.07) is 21.1. The van der Waals surface area contributed by atoms with Gasteiger partial charge in [0.25, 0.3) is 0 Å². The van der Waals surface area contributed by atoms with E-state index in [9.17, 15) is 21.6 Å². The second kappa shape index (κ2) is 10.4. The number of rotatable bonds is 10. The van der Waals surface area contributed by atoms with Crippen molar-refractivity contribution in [2.45, 2.75) is 40.3 Å². The van der Waals surface area contributed by atoms with Crippen LogP contribution in [0.25, 0.3) is 0 Å². The molecule has 0 heterocycles. The number of ketones is 1. The van der Waals surface area contributed by atoms with Crippen LogP contribution in [0.2, 0.25) is 0 Å². The minimum atomic E-state index is -5.14. The van der Waals surface area contributed by atoms with Crippen molar-refractivity contribution in [1.29, 1.82) is 0 Å². The van der Waals surface area contributed by atoms with Crippen LogP contribution in [0, 0.1) is 0 Å². The minimum absolute atomic E-state index is 0.188. The zero-order chi connectivity index (χ0) is 24.8. The summed E-state index contributed by atoms with van der Waals surface area (Å²) in [5.74, 6) is -0.680. The molecule has 0 unspecified atom stereocenters. The van der Waals surface area contributed by atoms with Crippen LogP contribution in [-0.2, 0) is 19.7 Å². The van der Waals surface area contributed by atoms with Crippen molar-refractivity contribution < 1.29 is 26.0 Å². The van der Waals surface area contributed by atoms with Crippen LogP contribution in [0.5, 0.6) is 0 Å². The third-order valence-electron chi connectivity index (χ3n) is 5.35. The van der Waals surface area contributed by atoms with Crippen molar-refractivity contribution in [3.63, 3.8) is 0 Å². The summed E-state index contributed by atoms with van der Waals surface area (Å²) in [6.45, 7) is 1.80. The number of carbonyl (C=O) groups is 1. The minimum Gasteiger partial charge on any atom is -0.289 e. The Hall–Kier alpha value is -3.10. The number of allylic oxidation sites excluding steroid dienone is 1. The van der Waals surface area contributed by atoms with Gasteiger partial charge in [-0.25, -0.2) is 21.2 Å². The predicted octanol–water partition coefficient (Wildman–Crippen LogP) is 5.56. The Bertz CT molecular complexity index is 1300. The lowest BCUT2D eigenvalue weighted by atomic mass is 10.0. The van der Waals surface area contributed by atoms with E-state index < -0.39 is 45.2 Å². The highest BCUT2D eigenvalue weighted by Crippen LogP contribution is 2.44. The predicted molar refractivity (Wildman–Crippen MR) is 129 cm³/mol. The van der Waals surface area contributed by atoms with Gasteiger partial charge in [0.2, 0.25) is 19.7 Å². The first-order valence-corrected chi connectivity index (χ1v) is 13.7. The Kier molecular flexibility index (Phi) is 7.84. The van der Waals surface area contributed by atoms with Crippen LogP contribution in [0.15, 0.2) is 112 Å². The van der Waals surface area contributed by atoms with Gasteiger partial charge in [0.15, 0.2) is 5.78 Å². The van der Waals surface area contributed by atoms with E-state index >= 15 is 4.39 Å². The van der Waals surface area contributed by atoms with E-state index in [1.807, 2.05) is 0 Å². The van der Waals surface area contributed by atoms with Crippen molar-refractivity contribution in [2.24, 2.45) is 0 Å². The molecule has 0 fully saturated rings. The molecular weight excluding hydrogens is 475 g/mol. The molecule has 34 heavy (non-hydrogen) atoms. The summed E-state index contributed by atoms with van der Waals surface area (Å²) in [4.78, 5) is 12.0. The molecule has 0 saturated heterocycles. The van der Waals surface area contributed by atoms with Gasteiger partial charge < -0.3 is 0 Å². The average Bonchev–Trinajstić information content (AvgIpc) is 2.87. The van der Waals surface area contributed by atoms with Gasteiger partial charge in [-0.2, -0.15) is 0 Å². The Balaban J connectivity index is 2.34. The van der Waals surface area contributed by atoms with Gasteiger partial charge in [-0.15, -0.1) is 0 Å². The quantitative estimate of drug-likeness (QED) is 0.269. The van der Waals surface area contributed by atoms with Crippen molar-refractivity contribution >= 4 is 25.5 Å². The monoisotopic (exact) mass is 500 g/mol. The summed E-state index contributed by atoms with van der Waals surface area (Å²) < 4.78 is 68.1. The second-order valence-electron chi connectivity index (χ2n) is 7.67. The fourth-order valence-corrected chi connectivity index (χ4v) is 7.89. The number of hydrogen-bond acceptors (Lipinski definition) is 5. The van der Waals surface area contributed by atoms with Crippen LogP contribution in [0.1, 0.15) is 36.5 Å². The molecule has 0 saturated carbocycles. The Morgan fingerprint density at radius 3 is 1.59 bits per heavy atom. The van der Waals surface area contributed by atoms with E-state index in [-0.39, 0.29) is 18.4 Å². The van der Waals surface area contributed by atoms with Crippen LogP contribution in [0.4, 0.5) is 4.39 Å². The molecule has 3 rings (SSSR count). The first-order valence-electron chi connectivity index (χ1n) is 10.7. The zero-order valence-electron chi connectivity index (χ0n) is 18.6. The Labute approximate surface area is 199 Å². The first kappa shape index (κ1) is 25.5. The second-order valence-corrected chi connectivity index (χ2v) is 12.0. The molecule has 0 aliphatic carbocycles. The van der Waals surface area contributed by atoms with E-state index in [1.165, 1.54) is 48.5 Å². The third-order valence-corrected chi connectivity index (χ3v) is 10.4. The molecule has 178 valence electrons. The molecule has 5 nitrogen and oxygen atoms in total. The van der Waals surface area contributed by atoms with E-state index in [0.29, 0.717) is 6.42 Å². The summed E-state index contributed by atoms with van der Waals surface area (Å²) >= 11 is 0. The smallest absolute Gasteiger partial charge is 0.289 e. The first-order chi connectivity index (χ1) is 16.2. The number of carbonyl (C=O) groups excluding carboxylic acids is 1. The molecule has 3 aromatic carbocycles. The molecule has 0 spiro atoms. The molecule has 0 amide bonds. The van der Waals surface area contributed by atoms with Gasteiger partial charge in [0, 0.05) is 11.1 Å². The third kappa shape index (κ3) is 4.74. The number of unbranched alkanes of at least 4 members (excludes halogenated alkanes) is 1. The van der Waals surface area contributed by atoms with Gasteiger partial charge in [0.1, 0.15) is 0 Å². The van der Waals surface area contributed by atoms with E-state index in [2.05, 4.69) is 0 Å². The van der Waals surface area contributed by atoms with Crippen LogP contribution >= 0.6 is 0 Å². The summed E-state index contributed by atoms with van der Waals surface area (Å²) in [5, 5.41) is 0. The highest BCUT2D eigenvalue weighted by atomic mass is 32.3. The van der Waals surface area contributed by atoms with Crippen molar-refractivity contribution in [2.75, 3.05) is 0 Å². The van der Waals surface area contributed by atoms with E-state index in [4.69, 9.17) is 0 Å². The Morgan fingerprint density at radius 1 is 0.765 bits per heavy atom. The van der Waals surface area contributed by atoms with Crippen LogP contribution in [0.3, 0.4) is 0 Å². The number of halogens is 1. The molecule has 0 aliphatic heterocycles. The van der Waals surface area contributed by atoms with Gasteiger partial charge >= 0.3 is 4.33 Å². The van der Waals surface area contributed by atoms with Crippen molar-refractivity contribution in [1.82, 2.24) is 0 Å². The molecule has 0 bridgehead atoms. The van der Waals surface area contributed by atoms with E-state index in [1.54, 1.807) is 25.1 Å². The topological polar surface area (TPSA) is 85.3 Å². The van der Waals surface area contributed by atoms with E-state index in [0.717, 1.165) is 30.3 Å². The highest BCUT2D eigenvalue weighted by molar-refractivity contribution is 8.10. The molecule has 0 N–H and O–H groups in total. The largest absolute Gasteiger partial charge is 0.339 e. The van der Waals surface area contributed by atoms with Gasteiger partial charge in [-0.05, 0) is 43.2 Å². The molecule has 0 aromatic heterocycles. The maximum absolute atomic E-state index is 17.2. The maximum atomic E-state index is 17.2. The van der Waals surface area contributed by atoms with Crippen LogP contribution in [-0.4, -0.2) is 27.0 Å². The average molecular weight is 501 g/mol. The van der Waals surface area contributed by atoms with Crippen molar-refractivity contribution in [3.8, 4) is 0 Å². The van der Waals surface area contributed by atoms with Gasteiger partial charge in [-0.3, -0.25) is 4.79 Å². The lowest BCUT2D eigenvalue weighted by Gasteiger charge is -2.28. The van der Waals surface area contributed by atoms with Gasteiger partial charge in [-0.1, -0.05) is 80.1 Å². The summed E-state index contributed by atoms with van der Waals surface area (Å²) in [7, 11) is -10.3. The molecule has 3 aromatic rings. The molecule has 8 heteroatoms. The lowest BCUT2D eigenvalue weighted by Crippen LogP contribution is -2.44. The van der Waals surface area contributed by atoms with Crippen molar-refractivity contribution in [3.05, 3.63) is 108 Å². The fraction of sp³-hybridized carbons (Fsp3) is 0.192. The number of sulfone groups is 2. The highest BCUT2D eigenvalue weighted by Gasteiger charge is 2.59. The normalized spacial score (nSPS) is 12.9. The van der Waals surface area contributed by atoms with Gasteiger partial charge in [0.05, 0.1) is 9.79 Å². The molecule has 0 radical (unpaired) electrons. The molecule has 0 atom stereocenters. The van der Waals surface area contributed by atoms with Crippen LogP contribution < -0.4 is 0 Å². The summed E-state index contributed by atoms with van der Waals surface area (Å²) in [6.07, 6.45) is 1.41. The number of hydrogen-bond donors (Lipinski definition) is 0. The number of alkyl halides is 1. The number of benzene rings is 3.